The Labute approximate surface area is 143 Å². The maximum Gasteiger partial charge on any atom is 0.410 e. The van der Waals surface area contributed by atoms with Crippen molar-refractivity contribution in [2.24, 2.45) is 11.7 Å². The minimum atomic E-state index is -0.581. The predicted octanol–water partition coefficient (Wildman–Crippen LogP) is 1.50. The Hall–Kier alpha value is -1.79. The van der Waals surface area contributed by atoms with E-state index in [0.29, 0.717) is 38.9 Å². The fraction of sp³-hybridized carbons (Fsp3) is 0.824. The van der Waals surface area contributed by atoms with E-state index >= 15 is 0 Å². The zero-order valence-electron chi connectivity index (χ0n) is 14.9. The lowest BCUT2D eigenvalue weighted by molar-refractivity contribution is -0.140. The maximum absolute atomic E-state index is 12.9. The zero-order valence-corrected chi connectivity index (χ0v) is 14.9. The monoisotopic (exact) mass is 339 g/mol. The summed E-state index contributed by atoms with van der Waals surface area (Å²) in [6.45, 7) is 7.04. The summed E-state index contributed by atoms with van der Waals surface area (Å²) in [5.41, 5.74) is 4.76. The van der Waals surface area contributed by atoms with Crippen molar-refractivity contribution in [3.63, 3.8) is 0 Å². The molecule has 0 aliphatic carbocycles. The van der Waals surface area contributed by atoms with Gasteiger partial charge in [-0.25, -0.2) is 4.79 Å². The molecule has 3 amide bonds. The van der Waals surface area contributed by atoms with E-state index in [1.54, 1.807) is 9.80 Å². The third kappa shape index (κ3) is 4.61. The van der Waals surface area contributed by atoms with Gasteiger partial charge in [0.2, 0.25) is 11.8 Å². The number of hydrogen-bond acceptors (Lipinski definition) is 4. The van der Waals surface area contributed by atoms with Crippen LogP contribution in [0.1, 0.15) is 52.9 Å². The van der Waals surface area contributed by atoms with Crippen LogP contribution in [0, 0.1) is 5.92 Å². The first kappa shape index (κ1) is 18.5. The average molecular weight is 339 g/mol. The number of primary amides is 1. The Morgan fingerprint density at radius 3 is 2.17 bits per heavy atom. The largest absolute Gasteiger partial charge is 0.444 e. The lowest BCUT2D eigenvalue weighted by Crippen LogP contribution is -2.55. The SMILES string of the molecule is CC(C)(C)OC(=O)N1CCCC[C@@H]1C(=O)N1CCC(C(N)=O)CC1. The first-order valence-electron chi connectivity index (χ1n) is 8.77. The highest BCUT2D eigenvalue weighted by Crippen LogP contribution is 2.24. The van der Waals surface area contributed by atoms with E-state index in [9.17, 15) is 14.4 Å². The number of nitrogens with two attached hydrogens (primary N) is 1. The molecule has 0 aromatic rings. The molecule has 0 bridgehead atoms. The summed E-state index contributed by atoms with van der Waals surface area (Å²) in [5.74, 6) is -0.485. The predicted molar refractivity (Wildman–Crippen MR) is 89.1 cm³/mol. The van der Waals surface area contributed by atoms with E-state index in [-0.39, 0.29) is 17.7 Å². The third-order valence-corrected chi connectivity index (χ3v) is 4.62. The molecule has 0 unspecified atom stereocenters. The Morgan fingerprint density at radius 2 is 1.62 bits per heavy atom. The van der Waals surface area contributed by atoms with Crippen LogP contribution in [0.3, 0.4) is 0 Å². The standard InChI is InChI=1S/C17H29N3O4/c1-17(2,3)24-16(23)20-9-5-4-6-13(20)15(22)19-10-7-12(8-11-19)14(18)21/h12-13H,4-11H2,1-3H3,(H2,18,21)/t13-/m1/s1. The number of ether oxygens (including phenoxy) is 1. The maximum atomic E-state index is 12.9. The number of carbonyl (C=O) groups excluding carboxylic acids is 3. The number of hydrogen-bond donors (Lipinski definition) is 1. The molecule has 2 aliphatic rings. The number of nitrogens with zero attached hydrogens (tertiary/aromatic N) is 2. The normalized spacial score (nSPS) is 23.0. The highest BCUT2D eigenvalue weighted by atomic mass is 16.6. The summed E-state index contributed by atoms with van der Waals surface area (Å²) >= 11 is 0. The molecule has 2 fully saturated rings. The Kier molecular flexibility index (Phi) is 5.72. The van der Waals surface area contributed by atoms with Crippen LogP contribution < -0.4 is 5.73 Å². The molecular formula is C17H29N3O4. The van der Waals surface area contributed by atoms with Crippen LogP contribution in [-0.2, 0) is 14.3 Å². The molecule has 0 saturated carbocycles. The van der Waals surface area contributed by atoms with Gasteiger partial charge in [-0.3, -0.25) is 14.5 Å². The molecule has 136 valence electrons. The first-order valence-corrected chi connectivity index (χ1v) is 8.77. The van der Waals surface area contributed by atoms with E-state index < -0.39 is 17.7 Å². The minimum absolute atomic E-state index is 0.0384. The molecule has 0 aromatic heterocycles. The molecular weight excluding hydrogens is 310 g/mol. The average Bonchev–Trinajstić information content (AvgIpc) is 2.52. The van der Waals surface area contributed by atoms with Crippen LogP contribution in [0.2, 0.25) is 0 Å². The molecule has 0 aromatic carbocycles. The second kappa shape index (κ2) is 7.40. The van der Waals surface area contributed by atoms with Gasteiger partial charge in [0.05, 0.1) is 0 Å². The fourth-order valence-electron chi connectivity index (χ4n) is 3.32. The van der Waals surface area contributed by atoms with E-state index in [1.165, 1.54) is 0 Å². The molecule has 24 heavy (non-hydrogen) atoms. The van der Waals surface area contributed by atoms with Crippen molar-refractivity contribution < 1.29 is 19.1 Å². The topological polar surface area (TPSA) is 92.9 Å². The van der Waals surface area contributed by atoms with Gasteiger partial charge < -0.3 is 15.4 Å². The van der Waals surface area contributed by atoms with Gasteiger partial charge in [0.1, 0.15) is 11.6 Å². The minimum Gasteiger partial charge on any atom is -0.444 e. The van der Waals surface area contributed by atoms with Crippen LogP contribution >= 0.6 is 0 Å². The van der Waals surface area contributed by atoms with Crippen molar-refractivity contribution in [1.29, 1.82) is 0 Å². The van der Waals surface area contributed by atoms with Gasteiger partial charge in [-0.1, -0.05) is 0 Å². The van der Waals surface area contributed by atoms with Gasteiger partial charge in [0.25, 0.3) is 0 Å². The van der Waals surface area contributed by atoms with Gasteiger partial charge in [0.15, 0.2) is 0 Å². The van der Waals surface area contributed by atoms with Gasteiger partial charge in [-0.05, 0) is 52.9 Å². The van der Waals surface area contributed by atoms with Crippen LogP contribution in [0.4, 0.5) is 4.79 Å². The number of rotatable bonds is 2. The second-order valence-electron chi connectivity index (χ2n) is 7.69. The van der Waals surface area contributed by atoms with E-state index in [4.69, 9.17) is 10.5 Å². The summed E-state index contributed by atoms with van der Waals surface area (Å²) in [4.78, 5) is 39.9. The molecule has 2 saturated heterocycles. The molecule has 7 nitrogen and oxygen atoms in total. The van der Waals surface area contributed by atoms with Crippen molar-refractivity contribution in [2.45, 2.75) is 64.5 Å². The van der Waals surface area contributed by atoms with Gasteiger partial charge in [-0.15, -0.1) is 0 Å². The highest BCUT2D eigenvalue weighted by Gasteiger charge is 2.38. The molecule has 2 aliphatic heterocycles. The van der Waals surface area contributed by atoms with Crippen LogP contribution in [0.25, 0.3) is 0 Å². The van der Waals surface area contributed by atoms with Gasteiger partial charge >= 0.3 is 6.09 Å². The summed E-state index contributed by atoms with van der Waals surface area (Å²) in [6.07, 6.45) is 3.24. The molecule has 1 atom stereocenters. The smallest absolute Gasteiger partial charge is 0.410 e. The lowest BCUT2D eigenvalue weighted by atomic mass is 9.94. The van der Waals surface area contributed by atoms with Crippen LogP contribution in [0.15, 0.2) is 0 Å². The Morgan fingerprint density at radius 1 is 1.00 bits per heavy atom. The Bertz CT molecular complexity index is 493. The molecule has 2 rings (SSSR count). The number of piperidine rings is 2. The highest BCUT2D eigenvalue weighted by molar-refractivity contribution is 5.86. The zero-order chi connectivity index (χ0) is 17.9. The number of carbonyl (C=O) groups is 3. The summed E-state index contributed by atoms with van der Waals surface area (Å²) in [7, 11) is 0. The van der Waals surface area contributed by atoms with Gasteiger partial charge in [0, 0.05) is 25.6 Å². The van der Waals surface area contributed by atoms with Crippen molar-refractivity contribution in [3.05, 3.63) is 0 Å². The number of amides is 3. The lowest BCUT2D eigenvalue weighted by Gasteiger charge is -2.40. The fourth-order valence-corrected chi connectivity index (χ4v) is 3.32. The summed E-state index contributed by atoms with van der Waals surface area (Å²) in [5, 5.41) is 0. The molecule has 2 heterocycles. The van der Waals surface area contributed by atoms with E-state index in [1.807, 2.05) is 20.8 Å². The van der Waals surface area contributed by atoms with Gasteiger partial charge in [-0.2, -0.15) is 0 Å². The number of likely N-dealkylation sites (tertiary alicyclic amines) is 2. The molecule has 7 heteroatoms. The van der Waals surface area contributed by atoms with Crippen molar-refractivity contribution in [1.82, 2.24) is 9.80 Å². The summed E-state index contributed by atoms with van der Waals surface area (Å²) < 4.78 is 5.45. The Balaban J connectivity index is 2.00. The third-order valence-electron chi connectivity index (χ3n) is 4.62. The van der Waals surface area contributed by atoms with E-state index in [0.717, 1.165) is 12.8 Å². The quantitative estimate of drug-likeness (QED) is 0.825. The van der Waals surface area contributed by atoms with Crippen molar-refractivity contribution >= 4 is 17.9 Å². The van der Waals surface area contributed by atoms with Crippen LogP contribution in [0.5, 0.6) is 0 Å². The van der Waals surface area contributed by atoms with Crippen molar-refractivity contribution in [3.8, 4) is 0 Å². The van der Waals surface area contributed by atoms with E-state index in [2.05, 4.69) is 0 Å². The summed E-state index contributed by atoms with van der Waals surface area (Å²) in [6, 6.07) is -0.460. The van der Waals surface area contributed by atoms with Crippen LogP contribution in [-0.4, -0.2) is 59.0 Å². The first-order chi connectivity index (χ1) is 11.2. The molecule has 2 N–H and O–H groups in total. The second-order valence-corrected chi connectivity index (χ2v) is 7.69. The molecule has 0 radical (unpaired) electrons. The molecule has 0 spiro atoms. The van der Waals surface area contributed by atoms with Crippen molar-refractivity contribution in [2.75, 3.05) is 19.6 Å².